The van der Waals surface area contributed by atoms with Crippen LogP contribution in [0.25, 0.3) is 0 Å². The molecule has 0 bridgehead atoms. The molecule has 2 N–H and O–H groups in total. The number of benzene rings is 1. The Kier molecular flexibility index (Phi) is 5.07. The zero-order valence-corrected chi connectivity index (χ0v) is 10.6. The first-order chi connectivity index (χ1) is 8.93. The van der Waals surface area contributed by atoms with Crippen molar-refractivity contribution in [3.8, 4) is 5.75 Å². The molecule has 0 heterocycles. The molecule has 0 saturated carbocycles. The lowest BCUT2D eigenvalue weighted by Gasteiger charge is -2.07. The summed E-state index contributed by atoms with van der Waals surface area (Å²) in [6.45, 7) is -0.440. The first-order valence-electron chi connectivity index (χ1n) is 5.02. The van der Waals surface area contributed by atoms with Crippen molar-refractivity contribution in [2.24, 2.45) is 0 Å². The van der Waals surface area contributed by atoms with Crippen LogP contribution in [0.15, 0.2) is 18.2 Å². The maximum Gasteiger partial charge on any atom is 0.321 e. The zero-order chi connectivity index (χ0) is 14.4. The number of imide groups is 1. The maximum absolute atomic E-state index is 11.2. The molecule has 102 valence electrons. The SMILES string of the molecule is CNC(=O)NC(=O)COc1ccc([N+](=O)[O-])cc1Cl. The van der Waals surface area contributed by atoms with Gasteiger partial charge in [-0.25, -0.2) is 4.79 Å². The van der Waals surface area contributed by atoms with Crippen molar-refractivity contribution in [3.05, 3.63) is 33.3 Å². The van der Waals surface area contributed by atoms with Gasteiger partial charge in [-0.2, -0.15) is 0 Å². The third kappa shape index (κ3) is 4.43. The average Bonchev–Trinajstić information content (AvgIpc) is 2.36. The van der Waals surface area contributed by atoms with Crippen LogP contribution in [-0.4, -0.2) is 30.5 Å². The molecular weight excluding hydrogens is 278 g/mol. The number of hydrogen-bond acceptors (Lipinski definition) is 5. The van der Waals surface area contributed by atoms with E-state index in [-0.39, 0.29) is 16.5 Å². The van der Waals surface area contributed by atoms with Gasteiger partial charge in [0.2, 0.25) is 0 Å². The van der Waals surface area contributed by atoms with Crippen LogP contribution < -0.4 is 15.4 Å². The Morgan fingerprint density at radius 1 is 1.47 bits per heavy atom. The standard InChI is InChI=1S/C10H10ClN3O5/c1-12-10(16)13-9(15)5-19-8-3-2-6(14(17)18)4-7(8)11/h2-4H,5H2,1H3,(H2,12,13,15,16). The summed E-state index contributed by atoms with van der Waals surface area (Å²) >= 11 is 5.75. The largest absolute Gasteiger partial charge is 0.482 e. The average molecular weight is 288 g/mol. The molecule has 1 aromatic rings. The first-order valence-corrected chi connectivity index (χ1v) is 5.40. The molecule has 0 aliphatic carbocycles. The molecule has 0 saturated heterocycles. The molecule has 0 atom stereocenters. The fraction of sp³-hybridized carbons (Fsp3) is 0.200. The number of urea groups is 1. The van der Waals surface area contributed by atoms with E-state index in [0.29, 0.717) is 0 Å². The second kappa shape index (κ2) is 6.55. The molecular formula is C10H10ClN3O5. The highest BCUT2D eigenvalue weighted by Gasteiger charge is 2.12. The van der Waals surface area contributed by atoms with Crippen molar-refractivity contribution >= 4 is 29.2 Å². The Balaban J connectivity index is 2.61. The van der Waals surface area contributed by atoms with Crippen LogP contribution in [0.2, 0.25) is 5.02 Å². The van der Waals surface area contributed by atoms with Gasteiger partial charge in [0.05, 0.1) is 9.95 Å². The third-order valence-corrected chi connectivity index (χ3v) is 2.26. The Hall–Kier alpha value is -2.35. The van der Waals surface area contributed by atoms with Crippen LogP contribution in [0, 0.1) is 10.1 Å². The van der Waals surface area contributed by atoms with E-state index in [4.69, 9.17) is 16.3 Å². The van der Waals surface area contributed by atoms with E-state index in [1.807, 2.05) is 5.32 Å². The Bertz CT molecular complexity index is 520. The molecule has 0 spiro atoms. The van der Waals surface area contributed by atoms with Gasteiger partial charge in [0.25, 0.3) is 11.6 Å². The smallest absolute Gasteiger partial charge is 0.321 e. The molecule has 0 aliphatic rings. The van der Waals surface area contributed by atoms with Crippen molar-refractivity contribution in [1.29, 1.82) is 0 Å². The second-order valence-electron chi connectivity index (χ2n) is 3.29. The number of carbonyl (C=O) groups excluding carboxylic acids is 2. The number of non-ortho nitro benzene ring substituents is 1. The summed E-state index contributed by atoms with van der Waals surface area (Å²) in [6.07, 6.45) is 0. The molecule has 0 aromatic heterocycles. The lowest BCUT2D eigenvalue weighted by Crippen LogP contribution is -2.39. The van der Waals surface area contributed by atoms with E-state index < -0.39 is 23.5 Å². The molecule has 0 unspecified atom stereocenters. The molecule has 8 nitrogen and oxygen atoms in total. The summed E-state index contributed by atoms with van der Waals surface area (Å²) in [4.78, 5) is 31.9. The van der Waals surface area contributed by atoms with Crippen molar-refractivity contribution in [2.75, 3.05) is 13.7 Å². The van der Waals surface area contributed by atoms with Gasteiger partial charge in [-0.05, 0) is 6.07 Å². The highest BCUT2D eigenvalue weighted by Crippen LogP contribution is 2.28. The Morgan fingerprint density at radius 3 is 2.68 bits per heavy atom. The number of amides is 3. The van der Waals surface area contributed by atoms with E-state index in [9.17, 15) is 19.7 Å². The summed E-state index contributed by atoms with van der Waals surface area (Å²) in [7, 11) is 1.36. The highest BCUT2D eigenvalue weighted by atomic mass is 35.5. The van der Waals surface area contributed by atoms with Crippen LogP contribution >= 0.6 is 11.6 Å². The molecule has 0 aliphatic heterocycles. The molecule has 0 fully saturated rings. The molecule has 9 heteroatoms. The van der Waals surface area contributed by atoms with E-state index >= 15 is 0 Å². The number of rotatable bonds is 4. The van der Waals surface area contributed by atoms with Gasteiger partial charge in [0.15, 0.2) is 6.61 Å². The molecule has 19 heavy (non-hydrogen) atoms. The van der Waals surface area contributed by atoms with Gasteiger partial charge < -0.3 is 10.1 Å². The number of halogens is 1. The van der Waals surface area contributed by atoms with E-state index in [2.05, 4.69) is 5.32 Å². The van der Waals surface area contributed by atoms with Crippen molar-refractivity contribution in [2.45, 2.75) is 0 Å². The van der Waals surface area contributed by atoms with E-state index in [1.54, 1.807) is 0 Å². The third-order valence-electron chi connectivity index (χ3n) is 1.97. The quantitative estimate of drug-likeness (QED) is 0.636. The summed E-state index contributed by atoms with van der Waals surface area (Å²) in [5, 5.41) is 14.7. The summed E-state index contributed by atoms with van der Waals surface area (Å²) in [6, 6.07) is 2.90. The van der Waals surface area contributed by atoms with Gasteiger partial charge in [-0.15, -0.1) is 0 Å². The topological polar surface area (TPSA) is 111 Å². The van der Waals surface area contributed by atoms with Gasteiger partial charge in [-0.3, -0.25) is 20.2 Å². The number of nitro benzene ring substituents is 1. The van der Waals surface area contributed by atoms with Crippen molar-refractivity contribution < 1.29 is 19.2 Å². The second-order valence-corrected chi connectivity index (χ2v) is 3.70. The normalized spacial score (nSPS) is 9.58. The van der Waals surface area contributed by atoms with Gasteiger partial charge in [0.1, 0.15) is 5.75 Å². The maximum atomic E-state index is 11.2. The molecule has 0 radical (unpaired) electrons. The van der Waals surface area contributed by atoms with Gasteiger partial charge in [0, 0.05) is 19.2 Å². The first kappa shape index (κ1) is 14.7. The molecule has 1 rings (SSSR count). The Labute approximate surface area is 112 Å². The summed E-state index contributed by atoms with van der Waals surface area (Å²) < 4.78 is 5.03. The fourth-order valence-corrected chi connectivity index (χ4v) is 1.32. The summed E-state index contributed by atoms with van der Waals surface area (Å²) in [5.41, 5.74) is -0.188. The minimum atomic E-state index is -0.672. The molecule has 3 amide bonds. The predicted molar refractivity (Wildman–Crippen MR) is 66.2 cm³/mol. The van der Waals surface area contributed by atoms with Gasteiger partial charge in [-0.1, -0.05) is 11.6 Å². The number of hydrogen-bond donors (Lipinski definition) is 2. The lowest BCUT2D eigenvalue weighted by molar-refractivity contribution is -0.384. The van der Waals surface area contributed by atoms with Crippen LogP contribution in [0.3, 0.4) is 0 Å². The number of nitrogens with zero attached hydrogens (tertiary/aromatic N) is 1. The lowest BCUT2D eigenvalue weighted by atomic mass is 10.3. The minimum absolute atomic E-state index is 0.00180. The fourth-order valence-electron chi connectivity index (χ4n) is 1.09. The van der Waals surface area contributed by atoms with Crippen LogP contribution in [-0.2, 0) is 4.79 Å². The zero-order valence-electron chi connectivity index (χ0n) is 9.81. The molecule has 1 aromatic carbocycles. The monoisotopic (exact) mass is 287 g/mol. The Morgan fingerprint density at radius 2 is 2.16 bits per heavy atom. The summed E-state index contributed by atoms with van der Waals surface area (Å²) in [5.74, 6) is -0.562. The van der Waals surface area contributed by atoms with Crippen LogP contribution in [0.4, 0.5) is 10.5 Å². The highest BCUT2D eigenvalue weighted by molar-refractivity contribution is 6.32. The number of nitro groups is 1. The number of ether oxygens (including phenoxy) is 1. The number of carbonyl (C=O) groups is 2. The van der Waals surface area contributed by atoms with Crippen molar-refractivity contribution in [1.82, 2.24) is 10.6 Å². The number of nitrogens with one attached hydrogen (secondary N) is 2. The van der Waals surface area contributed by atoms with E-state index in [1.165, 1.54) is 19.2 Å². The predicted octanol–water partition coefficient (Wildman–Crippen LogP) is 1.08. The minimum Gasteiger partial charge on any atom is -0.482 e. The van der Waals surface area contributed by atoms with Gasteiger partial charge >= 0.3 is 6.03 Å². The van der Waals surface area contributed by atoms with Crippen LogP contribution in [0.1, 0.15) is 0 Å². The van der Waals surface area contributed by atoms with Crippen molar-refractivity contribution in [3.63, 3.8) is 0 Å². The van der Waals surface area contributed by atoms with Crippen LogP contribution in [0.5, 0.6) is 5.75 Å². The van der Waals surface area contributed by atoms with E-state index in [0.717, 1.165) is 6.07 Å².